The van der Waals surface area contributed by atoms with Crippen LogP contribution in [-0.2, 0) is 9.47 Å². The minimum atomic E-state index is -1.27. The number of hydrogen-bond acceptors (Lipinski definition) is 7. The third-order valence-corrected chi connectivity index (χ3v) is 4.57. The zero-order valence-electron chi connectivity index (χ0n) is 14.8. The predicted molar refractivity (Wildman–Crippen MR) is 85.6 cm³/mol. The summed E-state index contributed by atoms with van der Waals surface area (Å²) in [4.78, 5) is 0. The molecule has 0 aromatic rings. The summed E-state index contributed by atoms with van der Waals surface area (Å²) in [5.74, 6) is -0.762. The molecule has 1 aliphatic rings. The lowest BCUT2D eigenvalue weighted by atomic mass is 9.82. The van der Waals surface area contributed by atoms with Crippen LogP contribution in [0.3, 0.4) is 0 Å². The van der Waals surface area contributed by atoms with Crippen molar-refractivity contribution in [1.82, 2.24) is 5.32 Å². The van der Waals surface area contributed by atoms with E-state index in [2.05, 4.69) is 5.32 Å². The predicted octanol–water partition coefficient (Wildman–Crippen LogP) is 0.502. The van der Waals surface area contributed by atoms with E-state index in [1.54, 1.807) is 27.0 Å². The van der Waals surface area contributed by atoms with Crippen LogP contribution in [0.25, 0.3) is 0 Å². The van der Waals surface area contributed by atoms with E-state index in [4.69, 9.17) is 9.47 Å². The summed E-state index contributed by atoms with van der Waals surface area (Å²) >= 11 is 0. The van der Waals surface area contributed by atoms with E-state index >= 15 is 0 Å². The maximum atomic E-state index is 10.3. The van der Waals surface area contributed by atoms with Crippen LogP contribution in [0.5, 0.6) is 0 Å². The van der Waals surface area contributed by atoms with Crippen LogP contribution in [-0.4, -0.2) is 63.8 Å². The van der Waals surface area contributed by atoms with Crippen molar-refractivity contribution in [2.75, 3.05) is 13.7 Å². The highest BCUT2D eigenvalue weighted by molar-refractivity contribution is 4.99. The third-order valence-electron chi connectivity index (χ3n) is 4.57. The first-order valence-electron chi connectivity index (χ1n) is 7.86. The molecule has 5 N–H and O–H groups in total. The average molecular weight is 333 g/mol. The highest BCUT2D eigenvalue weighted by Gasteiger charge is 2.46. The van der Waals surface area contributed by atoms with Gasteiger partial charge in [-0.15, -0.1) is 0 Å². The fourth-order valence-corrected chi connectivity index (χ4v) is 2.45. The van der Waals surface area contributed by atoms with E-state index in [0.29, 0.717) is 0 Å². The van der Waals surface area contributed by atoms with E-state index in [1.807, 2.05) is 20.8 Å². The Hall–Kier alpha value is -0.860. The van der Waals surface area contributed by atoms with Crippen molar-refractivity contribution in [3.05, 3.63) is 12.0 Å². The van der Waals surface area contributed by atoms with Crippen molar-refractivity contribution in [3.8, 4) is 0 Å². The second-order valence-corrected chi connectivity index (χ2v) is 7.25. The van der Waals surface area contributed by atoms with Crippen LogP contribution < -0.4 is 5.32 Å². The molecule has 0 aliphatic carbocycles. The number of aliphatic hydroxyl groups excluding tert-OH is 3. The summed E-state index contributed by atoms with van der Waals surface area (Å²) in [5.41, 5.74) is -1.92. The van der Waals surface area contributed by atoms with E-state index < -0.39 is 35.6 Å². The largest absolute Gasteiger partial charge is 0.495 e. The van der Waals surface area contributed by atoms with Gasteiger partial charge < -0.3 is 35.2 Å². The molecule has 1 rings (SSSR count). The molecule has 0 saturated carbocycles. The lowest BCUT2D eigenvalue weighted by Gasteiger charge is -2.45. The van der Waals surface area contributed by atoms with E-state index in [0.717, 1.165) is 0 Å². The molecule has 1 heterocycles. The van der Waals surface area contributed by atoms with Crippen molar-refractivity contribution in [2.45, 2.75) is 64.3 Å². The fourth-order valence-electron chi connectivity index (χ4n) is 2.45. The molecular formula is C16H31NO6. The highest BCUT2D eigenvalue weighted by Crippen LogP contribution is 2.33. The smallest absolute Gasteiger partial charge is 0.186 e. The summed E-state index contributed by atoms with van der Waals surface area (Å²) in [5, 5.41) is 42.7. The number of rotatable bonds is 6. The Morgan fingerprint density at radius 2 is 1.83 bits per heavy atom. The average Bonchev–Trinajstić information content (AvgIpc) is 2.42. The molecule has 7 heteroatoms. The molecule has 0 radical (unpaired) electrons. The van der Waals surface area contributed by atoms with E-state index in [1.165, 1.54) is 0 Å². The van der Waals surface area contributed by atoms with Gasteiger partial charge in [0.25, 0.3) is 0 Å². The molecule has 0 aromatic heterocycles. The summed E-state index contributed by atoms with van der Waals surface area (Å²) < 4.78 is 11.4. The van der Waals surface area contributed by atoms with Gasteiger partial charge in [-0.25, -0.2) is 0 Å². The molecule has 136 valence electrons. The van der Waals surface area contributed by atoms with Crippen LogP contribution in [0, 0.1) is 11.8 Å². The normalized spacial score (nSPS) is 31.8. The fraction of sp³-hybridized carbons (Fsp3) is 0.875. The number of nitrogens with one attached hydrogen (secondary N) is 1. The molecule has 23 heavy (non-hydrogen) atoms. The highest BCUT2D eigenvalue weighted by atomic mass is 16.7. The maximum Gasteiger partial charge on any atom is 0.186 e. The Kier molecular flexibility index (Phi) is 6.46. The van der Waals surface area contributed by atoms with Crippen molar-refractivity contribution in [2.24, 2.45) is 11.8 Å². The topological polar surface area (TPSA) is 111 Å². The van der Waals surface area contributed by atoms with Crippen molar-refractivity contribution in [3.63, 3.8) is 0 Å². The number of hydrogen-bond donors (Lipinski definition) is 5. The molecule has 7 nitrogen and oxygen atoms in total. The van der Waals surface area contributed by atoms with Crippen LogP contribution >= 0.6 is 0 Å². The molecule has 0 aromatic carbocycles. The van der Waals surface area contributed by atoms with Crippen LogP contribution in [0.1, 0.15) is 34.6 Å². The summed E-state index contributed by atoms with van der Waals surface area (Å²) in [6.45, 7) is 8.68. The quantitative estimate of drug-likeness (QED) is 0.450. The molecule has 0 spiro atoms. The van der Waals surface area contributed by atoms with Gasteiger partial charge in [-0.3, -0.25) is 0 Å². The molecule has 0 bridgehead atoms. The second kappa shape index (κ2) is 7.36. The molecule has 1 saturated heterocycles. The van der Waals surface area contributed by atoms with Gasteiger partial charge in [0.15, 0.2) is 12.2 Å². The lowest BCUT2D eigenvalue weighted by Crippen LogP contribution is -2.58. The summed E-state index contributed by atoms with van der Waals surface area (Å²) in [6.07, 6.45) is -1.83. The summed E-state index contributed by atoms with van der Waals surface area (Å²) in [7, 11) is 1.60. The van der Waals surface area contributed by atoms with Crippen LogP contribution in [0.15, 0.2) is 12.0 Å². The molecule has 5 atom stereocenters. The first-order chi connectivity index (χ1) is 10.4. The lowest BCUT2D eigenvalue weighted by molar-refractivity contribution is -0.305. The Bertz CT molecular complexity index is 417. The molecule has 0 amide bonds. The minimum Gasteiger partial charge on any atom is -0.495 e. The zero-order valence-corrected chi connectivity index (χ0v) is 14.8. The van der Waals surface area contributed by atoms with E-state index in [9.17, 15) is 20.4 Å². The Balaban J connectivity index is 2.78. The van der Waals surface area contributed by atoms with Gasteiger partial charge in [-0.05, 0) is 33.8 Å². The Labute approximate surface area is 137 Å². The Morgan fingerprint density at radius 3 is 2.30 bits per heavy atom. The third kappa shape index (κ3) is 5.06. The zero-order chi connectivity index (χ0) is 18.0. The molecule has 1 fully saturated rings. The molecule has 1 aliphatic heterocycles. The van der Waals surface area contributed by atoms with Crippen molar-refractivity contribution < 1.29 is 29.9 Å². The van der Waals surface area contributed by atoms with Gasteiger partial charge in [0, 0.05) is 18.9 Å². The molecular weight excluding hydrogens is 302 g/mol. The van der Waals surface area contributed by atoms with Gasteiger partial charge in [0.05, 0.1) is 23.9 Å². The second-order valence-electron chi connectivity index (χ2n) is 7.25. The van der Waals surface area contributed by atoms with Crippen LogP contribution in [0.2, 0.25) is 0 Å². The number of ether oxygens (including phenoxy) is 2. The number of aliphatic hydroxyl groups is 4. The van der Waals surface area contributed by atoms with Gasteiger partial charge in [-0.1, -0.05) is 6.92 Å². The van der Waals surface area contributed by atoms with E-state index in [-0.39, 0.29) is 18.4 Å². The van der Waals surface area contributed by atoms with Gasteiger partial charge >= 0.3 is 0 Å². The van der Waals surface area contributed by atoms with Gasteiger partial charge in [-0.2, -0.15) is 0 Å². The first kappa shape index (κ1) is 20.2. The monoisotopic (exact) mass is 333 g/mol. The maximum absolute atomic E-state index is 10.3. The Morgan fingerprint density at radius 1 is 1.26 bits per heavy atom. The summed E-state index contributed by atoms with van der Waals surface area (Å²) in [6, 6.07) is 0. The van der Waals surface area contributed by atoms with Crippen molar-refractivity contribution >= 4 is 0 Å². The first-order valence-corrected chi connectivity index (χ1v) is 7.86. The van der Waals surface area contributed by atoms with Gasteiger partial charge in [0.2, 0.25) is 0 Å². The molecule has 5 unspecified atom stereocenters. The standard InChI is InChI=1S/C16H31NO6/c1-9(7-11(18)17-6)16(4,5)23-14-13(20)12(19)10(8-22-14)15(2,3)21/h7,9-10,12-14,17-21H,8H2,1-6H3/b11-7-. The van der Waals surface area contributed by atoms with Crippen LogP contribution in [0.4, 0.5) is 0 Å². The SMILES string of the molecule is CN/C(O)=C/C(C)C(C)(C)OC1OCC(C(C)(C)O)C(O)C1O. The van der Waals surface area contributed by atoms with Gasteiger partial charge in [0.1, 0.15) is 6.10 Å². The van der Waals surface area contributed by atoms with Crippen molar-refractivity contribution in [1.29, 1.82) is 0 Å². The minimum absolute atomic E-state index is 0.0291.